The second-order valence-electron chi connectivity index (χ2n) is 4.68. The predicted octanol–water partition coefficient (Wildman–Crippen LogP) is 0.590. The number of aryl methyl sites for hydroxylation is 1. The molecule has 0 bridgehead atoms. The van der Waals surface area contributed by atoms with Gasteiger partial charge < -0.3 is 14.9 Å². The fourth-order valence-electron chi connectivity index (χ4n) is 2.03. The van der Waals surface area contributed by atoms with Crippen molar-refractivity contribution in [3.63, 3.8) is 0 Å². The number of piperazine rings is 1. The van der Waals surface area contributed by atoms with Gasteiger partial charge in [-0.3, -0.25) is 0 Å². The van der Waals surface area contributed by atoms with Crippen molar-refractivity contribution in [3.05, 3.63) is 17.5 Å². The molecule has 1 fully saturated rings. The van der Waals surface area contributed by atoms with E-state index in [1.807, 2.05) is 6.92 Å². The van der Waals surface area contributed by atoms with Gasteiger partial charge in [-0.25, -0.2) is 9.97 Å². The van der Waals surface area contributed by atoms with Crippen molar-refractivity contribution in [2.45, 2.75) is 20.0 Å². The number of hydrogen-bond acceptors (Lipinski definition) is 5. The molecule has 0 radical (unpaired) electrons. The van der Waals surface area contributed by atoms with E-state index in [1.54, 1.807) is 13.1 Å². The smallest absolute Gasteiger partial charge is 0.225 e. The van der Waals surface area contributed by atoms with E-state index < -0.39 is 6.10 Å². The molecule has 0 unspecified atom stereocenters. The van der Waals surface area contributed by atoms with Crippen LogP contribution in [0.25, 0.3) is 0 Å². The summed E-state index contributed by atoms with van der Waals surface area (Å²) in [6.45, 7) is 7.67. The molecule has 5 nitrogen and oxygen atoms in total. The van der Waals surface area contributed by atoms with Gasteiger partial charge in [-0.15, -0.1) is 0 Å². The summed E-state index contributed by atoms with van der Waals surface area (Å²) >= 11 is 0. The molecule has 1 aromatic heterocycles. The Kier molecular flexibility index (Phi) is 3.59. The van der Waals surface area contributed by atoms with Crippen LogP contribution in [-0.4, -0.2) is 53.2 Å². The van der Waals surface area contributed by atoms with Crippen LogP contribution in [0.3, 0.4) is 0 Å². The summed E-state index contributed by atoms with van der Waals surface area (Å²) in [4.78, 5) is 13.3. The van der Waals surface area contributed by atoms with E-state index in [9.17, 15) is 5.11 Å². The van der Waals surface area contributed by atoms with Gasteiger partial charge in [-0.1, -0.05) is 0 Å². The first-order valence-electron chi connectivity index (χ1n) is 6.03. The summed E-state index contributed by atoms with van der Waals surface area (Å²) in [5, 5.41) is 9.54. The van der Waals surface area contributed by atoms with Crippen LogP contribution in [0.2, 0.25) is 0 Å². The molecule has 1 aliphatic rings. The van der Waals surface area contributed by atoms with E-state index in [1.165, 1.54) is 0 Å². The molecular weight excluding hydrogens is 216 g/mol. The van der Waals surface area contributed by atoms with Crippen LogP contribution in [0, 0.1) is 6.92 Å². The van der Waals surface area contributed by atoms with E-state index in [0.29, 0.717) is 0 Å². The van der Waals surface area contributed by atoms with Gasteiger partial charge in [0.05, 0.1) is 6.10 Å². The molecule has 0 aromatic carbocycles. The molecule has 1 N–H and O–H groups in total. The molecule has 0 saturated carbocycles. The van der Waals surface area contributed by atoms with Crippen LogP contribution in [0.5, 0.6) is 0 Å². The third-order valence-corrected chi connectivity index (χ3v) is 3.24. The lowest BCUT2D eigenvalue weighted by atomic mass is 10.1. The Balaban J connectivity index is 2.14. The molecule has 0 amide bonds. The SMILES string of the molecule is Cc1nc(N2CCN(C)CC2)ncc1[C@@H](C)O. The minimum absolute atomic E-state index is 0.503. The highest BCUT2D eigenvalue weighted by Gasteiger charge is 2.17. The molecule has 0 aliphatic carbocycles. The summed E-state index contributed by atoms with van der Waals surface area (Å²) < 4.78 is 0. The van der Waals surface area contributed by atoms with Crippen LogP contribution in [0.1, 0.15) is 24.3 Å². The van der Waals surface area contributed by atoms with Crippen molar-refractivity contribution in [2.75, 3.05) is 38.1 Å². The normalized spacial score (nSPS) is 19.4. The Morgan fingerprint density at radius 3 is 2.47 bits per heavy atom. The summed E-state index contributed by atoms with van der Waals surface area (Å²) in [6, 6.07) is 0. The lowest BCUT2D eigenvalue weighted by Gasteiger charge is -2.32. The fraction of sp³-hybridized carbons (Fsp3) is 0.667. The molecule has 1 atom stereocenters. The van der Waals surface area contributed by atoms with Gasteiger partial charge in [0.25, 0.3) is 0 Å². The molecule has 1 aromatic rings. The Morgan fingerprint density at radius 1 is 1.29 bits per heavy atom. The van der Waals surface area contributed by atoms with E-state index in [-0.39, 0.29) is 0 Å². The summed E-state index contributed by atoms with van der Waals surface area (Å²) in [6.07, 6.45) is 1.23. The molecule has 17 heavy (non-hydrogen) atoms. The maximum atomic E-state index is 9.54. The third-order valence-electron chi connectivity index (χ3n) is 3.24. The predicted molar refractivity (Wildman–Crippen MR) is 67.1 cm³/mol. The number of aliphatic hydroxyl groups excluding tert-OH is 1. The monoisotopic (exact) mass is 236 g/mol. The van der Waals surface area contributed by atoms with Crippen LogP contribution < -0.4 is 4.90 Å². The zero-order valence-corrected chi connectivity index (χ0v) is 10.7. The molecule has 0 spiro atoms. The summed E-state index contributed by atoms with van der Waals surface area (Å²) in [5.74, 6) is 0.778. The van der Waals surface area contributed by atoms with Gasteiger partial charge in [0.2, 0.25) is 5.95 Å². The van der Waals surface area contributed by atoms with E-state index in [4.69, 9.17) is 0 Å². The fourth-order valence-corrected chi connectivity index (χ4v) is 2.03. The van der Waals surface area contributed by atoms with Crippen LogP contribution in [0.15, 0.2) is 6.20 Å². The zero-order chi connectivity index (χ0) is 12.4. The maximum absolute atomic E-state index is 9.54. The molecule has 1 saturated heterocycles. The summed E-state index contributed by atoms with van der Waals surface area (Å²) in [5.41, 5.74) is 1.67. The highest BCUT2D eigenvalue weighted by molar-refractivity contribution is 5.34. The van der Waals surface area contributed by atoms with Gasteiger partial charge >= 0.3 is 0 Å². The average Bonchev–Trinajstić information content (AvgIpc) is 2.29. The molecule has 2 heterocycles. The number of rotatable bonds is 2. The van der Waals surface area contributed by atoms with Crippen LogP contribution >= 0.6 is 0 Å². The first-order chi connectivity index (χ1) is 8.08. The van der Waals surface area contributed by atoms with Crippen molar-refractivity contribution in [3.8, 4) is 0 Å². The third kappa shape index (κ3) is 2.73. The van der Waals surface area contributed by atoms with Crippen molar-refractivity contribution in [2.24, 2.45) is 0 Å². The topological polar surface area (TPSA) is 52.5 Å². The highest BCUT2D eigenvalue weighted by atomic mass is 16.3. The minimum Gasteiger partial charge on any atom is -0.389 e. The lowest BCUT2D eigenvalue weighted by molar-refractivity contribution is 0.197. The maximum Gasteiger partial charge on any atom is 0.225 e. The van der Waals surface area contributed by atoms with Crippen molar-refractivity contribution in [1.29, 1.82) is 0 Å². The van der Waals surface area contributed by atoms with Crippen molar-refractivity contribution < 1.29 is 5.11 Å². The van der Waals surface area contributed by atoms with E-state index >= 15 is 0 Å². The van der Waals surface area contributed by atoms with E-state index in [0.717, 1.165) is 43.4 Å². The van der Waals surface area contributed by atoms with Crippen LogP contribution in [-0.2, 0) is 0 Å². The van der Waals surface area contributed by atoms with E-state index in [2.05, 4.69) is 26.8 Å². The Labute approximate surface area is 102 Å². The number of likely N-dealkylation sites (N-methyl/N-ethyl adjacent to an activating group) is 1. The van der Waals surface area contributed by atoms with Crippen molar-refractivity contribution >= 4 is 5.95 Å². The number of nitrogens with zero attached hydrogens (tertiary/aromatic N) is 4. The standard InChI is InChI=1S/C12H20N4O/c1-9-11(10(2)17)8-13-12(14-9)16-6-4-15(3)5-7-16/h8,10,17H,4-7H2,1-3H3/t10-/m1/s1. The molecule has 2 rings (SSSR count). The Morgan fingerprint density at radius 2 is 1.94 bits per heavy atom. The van der Waals surface area contributed by atoms with Gasteiger partial charge in [0, 0.05) is 43.6 Å². The van der Waals surface area contributed by atoms with Crippen molar-refractivity contribution in [1.82, 2.24) is 14.9 Å². The zero-order valence-electron chi connectivity index (χ0n) is 10.7. The minimum atomic E-state index is -0.503. The first kappa shape index (κ1) is 12.3. The molecule has 94 valence electrons. The van der Waals surface area contributed by atoms with Gasteiger partial charge in [-0.2, -0.15) is 0 Å². The highest BCUT2D eigenvalue weighted by Crippen LogP contribution is 2.17. The molecular formula is C12H20N4O. The van der Waals surface area contributed by atoms with Gasteiger partial charge in [0.1, 0.15) is 0 Å². The van der Waals surface area contributed by atoms with Crippen LogP contribution in [0.4, 0.5) is 5.95 Å². The average molecular weight is 236 g/mol. The Hall–Kier alpha value is -1.20. The number of aromatic nitrogens is 2. The number of anilines is 1. The number of aliphatic hydroxyl groups is 1. The second kappa shape index (κ2) is 4.98. The molecule has 5 heteroatoms. The largest absolute Gasteiger partial charge is 0.389 e. The number of hydrogen-bond donors (Lipinski definition) is 1. The van der Waals surface area contributed by atoms with Gasteiger partial charge in [-0.05, 0) is 20.9 Å². The summed E-state index contributed by atoms with van der Waals surface area (Å²) in [7, 11) is 2.12. The molecule has 1 aliphatic heterocycles. The first-order valence-corrected chi connectivity index (χ1v) is 6.03. The quantitative estimate of drug-likeness (QED) is 0.814. The van der Waals surface area contributed by atoms with Gasteiger partial charge in [0.15, 0.2) is 0 Å². The lowest BCUT2D eigenvalue weighted by Crippen LogP contribution is -2.45. The second-order valence-corrected chi connectivity index (χ2v) is 4.68. The Bertz CT molecular complexity index is 386.